The summed E-state index contributed by atoms with van der Waals surface area (Å²) in [4.78, 5) is 25.7. The number of nitrogens with two attached hydrogens (primary N) is 1. The van der Waals surface area contributed by atoms with Crippen LogP contribution in [-0.4, -0.2) is 35.4 Å². The number of carbonyl (C=O) groups is 2. The van der Waals surface area contributed by atoms with E-state index in [-0.39, 0.29) is 25.0 Å². The molecule has 2 unspecified atom stereocenters. The van der Waals surface area contributed by atoms with Gasteiger partial charge < -0.3 is 15.4 Å². The van der Waals surface area contributed by atoms with Crippen molar-refractivity contribution in [3.05, 3.63) is 66.0 Å². The average Bonchev–Trinajstić information content (AvgIpc) is 3.00. The highest BCUT2D eigenvalue weighted by Gasteiger charge is 2.39. The van der Waals surface area contributed by atoms with Crippen LogP contribution in [0.4, 0.5) is 4.39 Å². The van der Waals surface area contributed by atoms with E-state index in [1.165, 1.54) is 17.0 Å². The Labute approximate surface area is 145 Å². The van der Waals surface area contributed by atoms with E-state index in [0.717, 1.165) is 0 Å². The third-order valence-corrected chi connectivity index (χ3v) is 4.20. The molecule has 25 heavy (non-hydrogen) atoms. The van der Waals surface area contributed by atoms with Gasteiger partial charge in [0, 0.05) is 6.42 Å². The zero-order valence-corrected chi connectivity index (χ0v) is 13.6. The molecule has 5 nitrogen and oxygen atoms in total. The molecule has 0 aromatic heterocycles. The molecule has 6 heteroatoms. The van der Waals surface area contributed by atoms with Crippen LogP contribution in [0.15, 0.2) is 54.6 Å². The molecule has 2 atom stereocenters. The molecule has 1 aliphatic rings. The number of rotatable bonds is 5. The van der Waals surface area contributed by atoms with Crippen molar-refractivity contribution in [2.24, 2.45) is 5.73 Å². The second kappa shape index (κ2) is 7.34. The van der Waals surface area contributed by atoms with Crippen molar-refractivity contribution in [3.8, 4) is 5.75 Å². The Balaban J connectivity index is 1.70. The standard InChI is InChI=1S/C19H19FN2O3/c20-14-6-4-5-13(9-14)10-18(23)22-12-16(11-17(22)19(21)24)25-15-7-2-1-3-8-15/h1-9,16-17H,10-12H2,(H2,21,24). The summed E-state index contributed by atoms with van der Waals surface area (Å²) >= 11 is 0. The summed E-state index contributed by atoms with van der Waals surface area (Å²) in [6.07, 6.45) is 0.0509. The van der Waals surface area contributed by atoms with Crippen molar-refractivity contribution in [1.82, 2.24) is 4.90 Å². The van der Waals surface area contributed by atoms with Crippen LogP contribution in [0.25, 0.3) is 0 Å². The van der Waals surface area contributed by atoms with E-state index in [2.05, 4.69) is 0 Å². The molecule has 0 radical (unpaired) electrons. The van der Waals surface area contributed by atoms with E-state index >= 15 is 0 Å². The van der Waals surface area contributed by atoms with Gasteiger partial charge in [0.2, 0.25) is 11.8 Å². The normalized spacial score (nSPS) is 19.6. The lowest BCUT2D eigenvalue weighted by Gasteiger charge is -2.22. The van der Waals surface area contributed by atoms with E-state index in [0.29, 0.717) is 17.7 Å². The molecule has 1 fully saturated rings. The number of benzene rings is 2. The summed E-state index contributed by atoms with van der Waals surface area (Å²) in [5.41, 5.74) is 6.01. The molecule has 2 N–H and O–H groups in total. The van der Waals surface area contributed by atoms with Crippen molar-refractivity contribution in [3.63, 3.8) is 0 Å². The molecule has 2 amide bonds. The molecule has 130 valence electrons. The second-order valence-corrected chi connectivity index (χ2v) is 6.06. The summed E-state index contributed by atoms with van der Waals surface area (Å²) < 4.78 is 19.1. The van der Waals surface area contributed by atoms with Crippen LogP contribution in [0.5, 0.6) is 5.75 Å². The first kappa shape index (κ1) is 17.0. The van der Waals surface area contributed by atoms with E-state index in [4.69, 9.17) is 10.5 Å². The Morgan fingerprint density at radius 3 is 2.60 bits per heavy atom. The first-order chi connectivity index (χ1) is 12.0. The molecule has 1 heterocycles. The molecular formula is C19H19FN2O3. The van der Waals surface area contributed by atoms with E-state index in [1.54, 1.807) is 12.1 Å². The molecule has 0 spiro atoms. The van der Waals surface area contributed by atoms with Gasteiger partial charge in [-0.3, -0.25) is 9.59 Å². The molecule has 0 aliphatic carbocycles. The van der Waals surface area contributed by atoms with Gasteiger partial charge in [-0.25, -0.2) is 4.39 Å². The number of para-hydroxylation sites is 1. The molecule has 2 aromatic rings. The highest BCUT2D eigenvalue weighted by atomic mass is 19.1. The number of primary amides is 1. The summed E-state index contributed by atoms with van der Waals surface area (Å²) in [6, 6.07) is 14.4. The Morgan fingerprint density at radius 1 is 1.16 bits per heavy atom. The van der Waals surface area contributed by atoms with Crippen molar-refractivity contribution < 1.29 is 18.7 Å². The van der Waals surface area contributed by atoms with Gasteiger partial charge in [-0.05, 0) is 29.8 Å². The fraction of sp³-hybridized carbons (Fsp3) is 0.263. The zero-order valence-electron chi connectivity index (χ0n) is 13.6. The average molecular weight is 342 g/mol. The maximum Gasteiger partial charge on any atom is 0.240 e. The number of carbonyl (C=O) groups excluding carboxylic acids is 2. The smallest absolute Gasteiger partial charge is 0.240 e. The molecule has 0 bridgehead atoms. The number of likely N-dealkylation sites (tertiary alicyclic amines) is 1. The maximum atomic E-state index is 13.3. The minimum absolute atomic E-state index is 0.0135. The fourth-order valence-electron chi connectivity index (χ4n) is 3.04. The lowest BCUT2D eigenvalue weighted by Crippen LogP contribution is -2.44. The van der Waals surface area contributed by atoms with Crippen LogP contribution in [-0.2, 0) is 16.0 Å². The van der Waals surface area contributed by atoms with Crippen LogP contribution in [0, 0.1) is 5.82 Å². The quantitative estimate of drug-likeness (QED) is 0.902. The van der Waals surface area contributed by atoms with Gasteiger partial charge in [0.05, 0.1) is 13.0 Å². The molecule has 3 rings (SSSR count). The second-order valence-electron chi connectivity index (χ2n) is 6.06. The van der Waals surface area contributed by atoms with Crippen molar-refractivity contribution >= 4 is 11.8 Å². The minimum atomic E-state index is -0.713. The Morgan fingerprint density at radius 2 is 1.92 bits per heavy atom. The molecule has 1 saturated heterocycles. The Bertz CT molecular complexity index is 766. The predicted molar refractivity (Wildman–Crippen MR) is 90.3 cm³/mol. The van der Waals surface area contributed by atoms with Gasteiger partial charge in [0.15, 0.2) is 0 Å². The monoisotopic (exact) mass is 342 g/mol. The van der Waals surface area contributed by atoms with E-state index in [9.17, 15) is 14.0 Å². The number of halogens is 1. The van der Waals surface area contributed by atoms with Crippen LogP contribution in [0.3, 0.4) is 0 Å². The van der Waals surface area contributed by atoms with Crippen molar-refractivity contribution in [2.75, 3.05) is 6.54 Å². The zero-order chi connectivity index (χ0) is 17.8. The van der Waals surface area contributed by atoms with E-state index < -0.39 is 17.8 Å². The van der Waals surface area contributed by atoms with E-state index in [1.807, 2.05) is 30.3 Å². The minimum Gasteiger partial charge on any atom is -0.488 e. The summed E-state index contributed by atoms with van der Waals surface area (Å²) in [7, 11) is 0. The third-order valence-electron chi connectivity index (χ3n) is 4.20. The highest BCUT2D eigenvalue weighted by Crippen LogP contribution is 2.24. The number of nitrogens with zero attached hydrogens (tertiary/aromatic N) is 1. The molecule has 1 aliphatic heterocycles. The third kappa shape index (κ3) is 4.15. The van der Waals surface area contributed by atoms with Crippen LogP contribution in [0.1, 0.15) is 12.0 Å². The van der Waals surface area contributed by atoms with Gasteiger partial charge in [-0.15, -0.1) is 0 Å². The lowest BCUT2D eigenvalue weighted by atomic mass is 10.1. The lowest BCUT2D eigenvalue weighted by molar-refractivity contribution is -0.136. The van der Waals surface area contributed by atoms with Crippen LogP contribution >= 0.6 is 0 Å². The number of ether oxygens (including phenoxy) is 1. The Kier molecular flexibility index (Phi) is 4.97. The van der Waals surface area contributed by atoms with Gasteiger partial charge in [0.25, 0.3) is 0 Å². The van der Waals surface area contributed by atoms with Crippen LogP contribution in [0.2, 0.25) is 0 Å². The molecule has 2 aromatic carbocycles. The summed E-state index contributed by atoms with van der Waals surface area (Å²) in [6.45, 7) is 0.274. The SMILES string of the molecule is NC(=O)C1CC(Oc2ccccc2)CN1C(=O)Cc1cccc(F)c1. The maximum absolute atomic E-state index is 13.3. The molecule has 0 saturated carbocycles. The highest BCUT2D eigenvalue weighted by molar-refractivity contribution is 5.88. The number of hydrogen-bond acceptors (Lipinski definition) is 3. The first-order valence-electron chi connectivity index (χ1n) is 8.08. The topological polar surface area (TPSA) is 72.6 Å². The predicted octanol–water partition coefficient (Wildman–Crippen LogP) is 1.90. The van der Waals surface area contributed by atoms with Gasteiger partial charge in [0.1, 0.15) is 23.7 Å². The largest absolute Gasteiger partial charge is 0.488 e. The molecular weight excluding hydrogens is 323 g/mol. The summed E-state index contributed by atoms with van der Waals surface area (Å²) in [5.74, 6) is -0.557. The van der Waals surface area contributed by atoms with Crippen molar-refractivity contribution in [1.29, 1.82) is 0 Å². The van der Waals surface area contributed by atoms with Crippen LogP contribution < -0.4 is 10.5 Å². The number of amides is 2. The summed E-state index contributed by atoms with van der Waals surface area (Å²) in [5, 5.41) is 0. The fourth-order valence-corrected chi connectivity index (χ4v) is 3.04. The first-order valence-corrected chi connectivity index (χ1v) is 8.08. The van der Waals surface area contributed by atoms with Crippen molar-refractivity contribution in [2.45, 2.75) is 25.0 Å². The Hall–Kier alpha value is -2.89. The number of hydrogen-bond donors (Lipinski definition) is 1. The van der Waals surface area contributed by atoms with Gasteiger partial charge in [-0.2, -0.15) is 0 Å². The van der Waals surface area contributed by atoms with Gasteiger partial charge >= 0.3 is 0 Å². The van der Waals surface area contributed by atoms with Gasteiger partial charge in [-0.1, -0.05) is 30.3 Å².